The standard InChI is InChI=1S/C15H20O2S/c1-3-4-5-6-8-11-14(2)18(16,17)15-12-9-7-10-13-15/h5-14H,3-4H2,1-2H3. The normalized spacial score (nSPS) is 14.3. The second-order valence-corrected chi connectivity index (χ2v) is 6.47. The Kier molecular flexibility index (Phi) is 5.86. The largest absolute Gasteiger partial charge is 0.223 e. The number of sulfone groups is 1. The van der Waals surface area contributed by atoms with Crippen LogP contribution in [0.25, 0.3) is 0 Å². The van der Waals surface area contributed by atoms with E-state index in [-0.39, 0.29) is 0 Å². The van der Waals surface area contributed by atoms with Crippen LogP contribution in [0, 0.1) is 0 Å². The van der Waals surface area contributed by atoms with Gasteiger partial charge in [-0.05, 0) is 25.5 Å². The maximum atomic E-state index is 12.2. The molecule has 0 radical (unpaired) electrons. The molecule has 0 aromatic heterocycles. The molecule has 0 heterocycles. The van der Waals surface area contributed by atoms with E-state index >= 15 is 0 Å². The zero-order chi connectivity index (χ0) is 13.4. The molecule has 98 valence electrons. The third kappa shape index (κ3) is 4.15. The number of benzene rings is 1. The summed E-state index contributed by atoms with van der Waals surface area (Å²) in [4.78, 5) is 0.375. The van der Waals surface area contributed by atoms with E-state index in [4.69, 9.17) is 0 Å². The fourth-order valence-electron chi connectivity index (χ4n) is 1.49. The smallest absolute Gasteiger partial charge is 0.184 e. The summed E-state index contributed by atoms with van der Waals surface area (Å²) in [6.07, 6.45) is 9.58. The molecule has 0 N–H and O–H groups in total. The van der Waals surface area contributed by atoms with Gasteiger partial charge in [0, 0.05) is 0 Å². The van der Waals surface area contributed by atoms with Crippen molar-refractivity contribution in [2.45, 2.75) is 36.8 Å². The maximum Gasteiger partial charge on any atom is 0.184 e. The molecule has 1 aromatic carbocycles. The first-order valence-electron chi connectivity index (χ1n) is 6.21. The van der Waals surface area contributed by atoms with Crippen LogP contribution in [0.3, 0.4) is 0 Å². The molecular formula is C15H20O2S. The van der Waals surface area contributed by atoms with E-state index < -0.39 is 15.1 Å². The number of allylic oxidation sites excluding steroid dienone is 3. The first-order chi connectivity index (χ1) is 8.59. The highest BCUT2D eigenvalue weighted by Crippen LogP contribution is 2.16. The van der Waals surface area contributed by atoms with E-state index in [1.54, 1.807) is 43.3 Å². The van der Waals surface area contributed by atoms with E-state index in [9.17, 15) is 8.42 Å². The van der Waals surface area contributed by atoms with E-state index in [1.165, 1.54) is 0 Å². The molecule has 18 heavy (non-hydrogen) atoms. The highest BCUT2D eigenvalue weighted by Gasteiger charge is 2.19. The second-order valence-electron chi connectivity index (χ2n) is 4.16. The van der Waals surface area contributed by atoms with Gasteiger partial charge in [-0.2, -0.15) is 0 Å². The molecule has 0 saturated heterocycles. The quantitative estimate of drug-likeness (QED) is 0.733. The molecule has 0 aliphatic heterocycles. The highest BCUT2D eigenvalue weighted by molar-refractivity contribution is 7.92. The zero-order valence-electron chi connectivity index (χ0n) is 10.9. The molecule has 0 fully saturated rings. The van der Waals surface area contributed by atoms with Gasteiger partial charge in [0.1, 0.15) is 0 Å². The van der Waals surface area contributed by atoms with Gasteiger partial charge >= 0.3 is 0 Å². The molecule has 0 aliphatic carbocycles. The van der Waals surface area contributed by atoms with Crippen LogP contribution in [-0.2, 0) is 9.84 Å². The summed E-state index contributed by atoms with van der Waals surface area (Å²) in [7, 11) is -3.25. The van der Waals surface area contributed by atoms with Gasteiger partial charge in [-0.3, -0.25) is 0 Å². The van der Waals surface area contributed by atoms with Gasteiger partial charge in [-0.25, -0.2) is 8.42 Å². The molecule has 0 bridgehead atoms. The molecular weight excluding hydrogens is 244 g/mol. The van der Waals surface area contributed by atoms with Crippen molar-refractivity contribution in [3.05, 3.63) is 54.6 Å². The minimum absolute atomic E-state index is 0.375. The van der Waals surface area contributed by atoms with Crippen molar-refractivity contribution in [3.8, 4) is 0 Å². The van der Waals surface area contributed by atoms with Crippen molar-refractivity contribution in [1.29, 1.82) is 0 Å². The van der Waals surface area contributed by atoms with Crippen molar-refractivity contribution in [2.24, 2.45) is 0 Å². The van der Waals surface area contributed by atoms with Crippen molar-refractivity contribution < 1.29 is 8.42 Å². The summed E-state index contributed by atoms with van der Waals surface area (Å²) in [5, 5.41) is -0.508. The molecule has 2 nitrogen and oxygen atoms in total. The Morgan fingerprint density at radius 3 is 2.44 bits per heavy atom. The maximum absolute atomic E-state index is 12.2. The Bertz CT molecular complexity index is 499. The first-order valence-corrected chi connectivity index (χ1v) is 7.76. The third-order valence-electron chi connectivity index (χ3n) is 2.65. The molecule has 3 heteroatoms. The van der Waals surface area contributed by atoms with E-state index in [2.05, 4.69) is 6.92 Å². The molecule has 0 aliphatic rings. The van der Waals surface area contributed by atoms with Gasteiger partial charge in [0.05, 0.1) is 10.1 Å². The summed E-state index contributed by atoms with van der Waals surface area (Å²) < 4.78 is 24.4. The van der Waals surface area contributed by atoms with E-state index in [0.717, 1.165) is 12.8 Å². The number of rotatable bonds is 6. The number of hydrogen-bond donors (Lipinski definition) is 0. The van der Waals surface area contributed by atoms with Crippen LogP contribution in [0.15, 0.2) is 59.5 Å². The van der Waals surface area contributed by atoms with Crippen LogP contribution in [0.4, 0.5) is 0 Å². The summed E-state index contributed by atoms with van der Waals surface area (Å²) in [5.41, 5.74) is 0. The molecule has 1 atom stereocenters. The van der Waals surface area contributed by atoms with Crippen LogP contribution in [0.1, 0.15) is 26.7 Å². The van der Waals surface area contributed by atoms with Crippen LogP contribution in [0.5, 0.6) is 0 Å². The first kappa shape index (κ1) is 14.7. The minimum Gasteiger partial charge on any atom is -0.223 e. The lowest BCUT2D eigenvalue weighted by Gasteiger charge is -2.08. The molecule has 1 aromatic rings. The average Bonchev–Trinajstić information content (AvgIpc) is 2.39. The Balaban J connectivity index is 2.75. The van der Waals surface area contributed by atoms with Crippen LogP contribution in [-0.4, -0.2) is 13.7 Å². The van der Waals surface area contributed by atoms with Gasteiger partial charge in [0.2, 0.25) is 0 Å². The summed E-state index contributed by atoms with van der Waals surface area (Å²) >= 11 is 0. The molecule has 0 amide bonds. The lowest BCUT2D eigenvalue weighted by Crippen LogP contribution is -2.15. The Morgan fingerprint density at radius 1 is 1.17 bits per heavy atom. The Labute approximate surface area is 110 Å². The summed E-state index contributed by atoms with van der Waals surface area (Å²) in [6.45, 7) is 3.81. The van der Waals surface area contributed by atoms with Crippen LogP contribution >= 0.6 is 0 Å². The van der Waals surface area contributed by atoms with Crippen molar-refractivity contribution in [3.63, 3.8) is 0 Å². The van der Waals surface area contributed by atoms with E-state index in [1.807, 2.05) is 18.2 Å². The number of hydrogen-bond acceptors (Lipinski definition) is 2. The SMILES string of the molecule is CCCC=CC=CC(C)S(=O)(=O)c1ccccc1. The molecule has 0 saturated carbocycles. The lowest BCUT2D eigenvalue weighted by atomic mass is 10.3. The second kappa shape index (κ2) is 7.17. The van der Waals surface area contributed by atoms with E-state index in [0.29, 0.717) is 4.90 Å². The van der Waals surface area contributed by atoms with Crippen molar-refractivity contribution >= 4 is 9.84 Å². The monoisotopic (exact) mass is 264 g/mol. The molecule has 1 rings (SSSR count). The predicted molar refractivity (Wildman–Crippen MR) is 76.3 cm³/mol. The summed E-state index contributed by atoms with van der Waals surface area (Å²) in [5.74, 6) is 0. The van der Waals surface area contributed by atoms with Crippen molar-refractivity contribution in [2.75, 3.05) is 0 Å². The van der Waals surface area contributed by atoms with Gasteiger partial charge < -0.3 is 0 Å². The molecule has 1 unspecified atom stereocenters. The van der Waals surface area contributed by atoms with Gasteiger partial charge in [0.25, 0.3) is 0 Å². The average molecular weight is 264 g/mol. The highest BCUT2D eigenvalue weighted by atomic mass is 32.2. The fraction of sp³-hybridized carbons (Fsp3) is 0.333. The topological polar surface area (TPSA) is 34.1 Å². The summed E-state index contributed by atoms with van der Waals surface area (Å²) in [6, 6.07) is 8.56. The van der Waals surface area contributed by atoms with Crippen LogP contribution < -0.4 is 0 Å². The fourth-order valence-corrected chi connectivity index (χ4v) is 2.75. The Morgan fingerprint density at radius 2 is 1.83 bits per heavy atom. The number of unbranched alkanes of at least 4 members (excludes halogenated alkanes) is 1. The minimum atomic E-state index is -3.25. The Hall–Kier alpha value is -1.35. The van der Waals surface area contributed by atoms with Gasteiger partial charge in [-0.1, -0.05) is 55.8 Å². The zero-order valence-corrected chi connectivity index (χ0v) is 11.7. The predicted octanol–water partition coefficient (Wildman–Crippen LogP) is 3.76. The van der Waals surface area contributed by atoms with Gasteiger partial charge in [0.15, 0.2) is 9.84 Å². The van der Waals surface area contributed by atoms with Crippen LogP contribution in [0.2, 0.25) is 0 Å². The van der Waals surface area contributed by atoms with Crippen molar-refractivity contribution in [1.82, 2.24) is 0 Å². The molecule has 0 spiro atoms. The lowest BCUT2D eigenvalue weighted by molar-refractivity contribution is 0.591. The van der Waals surface area contributed by atoms with Gasteiger partial charge in [-0.15, -0.1) is 0 Å². The third-order valence-corrected chi connectivity index (χ3v) is 4.71.